The highest BCUT2D eigenvalue weighted by molar-refractivity contribution is 5.86. The van der Waals surface area contributed by atoms with E-state index in [1.165, 1.54) is 51.6 Å². The minimum absolute atomic E-state index is 0.205. The third kappa shape index (κ3) is 4.45. The number of nitrogens with zero attached hydrogens (tertiary/aromatic N) is 2. The minimum Gasteiger partial charge on any atom is -0.464 e. The molecule has 20 heavy (non-hydrogen) atoms. The summed E-state index contributed by atoms with van der Waals surface area (Å²) < 4.78 is 10.4. The van der Waals surface area contributed by atoms with Crippen LogP contribution in [0, 0.1) is 0 Å². The van der Waals surface area contributed by atoms with E-state index in [4.69, 9.17) is 4.74 Å². The summed E-state index contributed by atoms with van der Waals surface area (Å²) in [4.78, 5) is 19.3. The Kier molecular flexibility index (Phi) is 5.73. The molecule has 0 aromatic carbocycles. The van der Waals surface area contributed by atoms with E-state index >= 15 is 0 Å². The summed E-state index contributed by atoms with van der Waals surface area (Å²) in [5.41, 5.74) is 0.205. The number of aromatic nitrogens is 2. The molecule has 0 saturated heterocycles. The number of carbonyl (C=O) groups excluding carboxylic acids is 1. The molecule has 1 aromatic rings. The number of methoxy groups -OCH3 is 1. The van der Waals surface area contributed by atoms with Crippen molar-refractivity contribution in [3.05, 3.63) is 18.1 Å². The first-order valence-electron chi connectivity index (χ1n) is 7.05. The van der Waals surface area contributed by atoms with Gasteiger partial charge in [0.2, 0.25) is 0 Å². The molecule has 0 aliphatic heterocycles. The second-order valence-electron chi connectivity index (χ2n) is 4.84. The fourth-order valence-corrected chi connectivity index (χ4v) is 2.27. The molecule has 110 valence electrons. The van der Waals surface area contributed by atoms with Crippen LogP contribution in [-0.4, -0.2) is 42.3 Å². The second kappa shape index (κ2) is 7.79. The monoisotopic (exact) mass is 279 g/mol. The second-order valence-corrected chi connectivity index (χ2v) is 4.84. The van der Waals surface area contributed by atoms with Gasteiger partial charge in [0.25, 0.3) is 0 Å². The fraction of sp³-hybridized carbons (Fsp3) is 0.643. The molecule has 1 aromatic heterocycles. The van der Waals surface area contributed by atoms with E-state index in [-0.39, 0.29) is 5.69 Å². The van der Waals surface area contributed by atoms with Crippen molar-refractivity contribution in [1.82, 2.24) is 9.97 Å². The first kappa shape index (κ1) is 14.7. The first-order chi connectivity index (χ1) is 9.79. The predicted molar refractivity (Wildman–Crippen MR) is 74.7 cm³/mol. The van der Waals surface area contributed by atoms with Gasteiger partial charge in [-0.2, -0.15) is 0 Å². The number of ether oxygens (including phenoxy) is 2. The number of anilines is 1. The van der Waals surface area contributed by atoms with E-state index < -0.39 is 5.97 Å². The Morgan fingerprint density at radius 1 is 1.30 bits per heavy atom. The largest absolute Gasteiger partial charge is 0.464 e. The third-order valence-corrected chi connectivity index (χ3v) is 3.36. The summed E-state index contributed by atoms with van der Waals surface area (Å²) in [7, 11) is 1.32. The lowest BCUT2D eigenvalue weighted by Gasteiger charge is -2.22. The number of hydrogen-bond donors (Lipinski definition) is 1. The van der Waals surface area contributed by atoms with Gasteiger partial charge in [-0.25, -0.2) is 14.8 Å². The Morgan fingerprint density at radius 3 is 2.75 bits per heavy atom. The Hall–Kier alpha value is -1.69. The van der Waals surface area contributed by atoms with Gasteiger partial charge in [0.1, 0.15) is 5.82 Å². The Labute approximate surface area is 118 Å². The third-order valence-electron chi connectivity index (χ3n) is 3.36. The zero-order valence-electron chi connectivity index (χ0n) is 11.8. The average Bonchev–Trinajstić information content (AvgIpc) is 2.52. The van der Waals surface area contributed by atoms with Crippen molar-refractivity contribution in [3.8, 4) is 0 Å². The lowest BCUT2D eigenvalue weighted by atomic mass is 9.98. The van der Waals surface area contributed by atoms with Crippen LogP contribution >= 0.6 is 0 Å². The van der Waals surface area contributed by atoms with Gasteiger partial charge in [-0.15, -0.1) is 0 Å². The lowest BCUT2D eigenvalue weighted by Crippen LogP contribution is -2.20. The Morgan fingerprint density at radius 2 is 2.10 bits per heavy atom. The van der Waals surface area contributed by atoms with Crippen LogP contribution in [0.15, 0.2) is 12.4 Å². The van der Waals surface area contributed by atoms with Crippen LogP contribution in [0.3, 0.4) is 0 Å². The molecule has 0 radical (unpaired) electrons. The SMILES string of the molecule is COC(=O)c1cnc(NCCOC2CCCCC2)cn1. The van der Waals surface area contributed by atoms with Crippen molar-refractivity contribution in [2.75, 3.05) is 25.6 Å². The molecule has 6 heteroatoms. The Bertz CT molecular complexity index is 416. The quantitative estimate of drug-likeness (QED) is 0.634. The highest BCUT2D eigenvalue weighted by Crippen LogP contribution is 2.19. The number of hydrogen-bond acceptors (Lipinski definition) is 6. The zero-order valence-corrected chi connectivity index (χ0v) is 11.8. The molecule has 0 amide bonds. The molecule has 1 aliphatic rings. The molecule has 1 N–H and O–H groups in total. The van der Waals surface area contributed by atoms with Crippen molar-refractivity contribution >= 4 is 11.8 Å². The molecule has 1 aliphatic carbocycles. The molecule has 0 unspecified atom stereocenters. The van der Waals surface area contributed by atoms with E-state index in [9.17, 15) is 4.79 Å². The van der Waals surface area contributed by atoms with Gasteiger partial charge < -0.3 is 14.8 Å². The van der Waals surface area contributed by atoms with Crippen LogP contribution in [0.25, 0.3) is 0 Å². The standard InChI is InChI=1S/C14H21N3O3/c1-19-14(18)12-9-17-13(10-16-12)15-7-8-20-11-5-3-2-4-6-11/h9-11H,2-8H2,1H3,(H,15,17). The van der Waals surface area contributed by atoms with E-state index in [1.54, 1.807) is 0 Å². The summed E-state index contributed by atoms with van der Waals surface area (Å²) in [6.45, 7) is 1.34. The molecule has 1 fully saturated rings. The highest BCUT2D eigenvalue weighted by atomic mass is 16.5. The number of nitrogens with one attached hydrogen (secondary N) is 1. The lowest BCUT2D eigenvalue weighted by molar-refractivity contribution is 0.0347. The van der Waals surface area contributed by atoms with Crippen LogP contribution in [-0.2, 0) is 9.47 Å². The maximum atomic E-state index is 11.2. The van der Waals surface area contributed by atoms with Crippen LogP contribution in [0.1, 0.15) is 42.6 Å². The molecule has 6 nitrogen and oxygen atoms in total. The van der Waals surface area contributed by atoms with Crippen molar-refractivity contribution in [2.24, 2.45) is 0 Å². The van der Waals surface area contributed by atoms with Crippen LogP contribution in [0.2, 0.25) is 0 Å². The van der Waals surface area contributed by atoms with Crippen molar-refractivity contribution in [2.45, 2.75) is 38.2 Å². The smallest absolute Gasteiger partial charge is 0.358 e. The minimum atomic E-state index is -0.482. The molecule has 2 rings (SSSR count). The maximum absolute atomic E-state index is 11.2. The molecule has 1 saturated carbocycles. The molecule has 0 atom stereocenters. The van der Waals surface area contributed by atoms with Gasteiger partial charge in [-0.3, -0.25) is 0 Å². The maximum Gasteiger partial charge on any atom is 0.358 e. The predicted octanol–water partition coefficient (Wildman–Crippen LogP) is 2.02. The topological polar surface area (TPSA) is 73.3 Å². The van der Waals surface area contributed by atoms with Gasteiger partial charge in [-0.1, -0.05) is 19.3 Å². The molecule has 1 heterocycles. The molecule has 0 spiro atoms. The van der Waals surface area contributed by atoms with Crippen molar-refractivity contribution in [3.63, 3.8) is 0 Å². The number of esters is 1. The van der Waals surface area contributed by atoms with Crippen LogP contribution in [0.5, 0.6) is 0 Å². The number of rotatable bonds is 6. The number of carbonyl (C=O) groups is 1. The summed E-state index contributed by atoms with van der Waals surface area (Å²) in [6, 6.07) is 0. The normalized spacial score (nSPS) is 15.8. The highest BCUT2D eigenvalue weighted by Gasteiger charge is 2.13. The Balaban J connectivity index is 1.67. The first-order valence-corrected chi connectivity index (χ1v) is 7.05. The van der Waals surface area contributed by atoms with E-state index in [0.717, 1.165) is 0 Å². The summed E-state index contributed by atoms with van der Waals surface area (Å²) in [5, 5.41) is 3.12. The summed E-state index contributed by atoms with van der Waals surface area (Å²) in [5.74, 6) is 0.148. The van der Waals surface area contributed by atoms with E-state index in [1.807, 2.05) is 0 Å². The van der Waals surface area contributed by atoms with E-state index in [0.29, 0.717) is 25.1 Å². The van der Waals surface area contributed by atoms with E-state index in [2.05, 4.69) is 20.0 Å². The zero-order chi connectivity index (χ0) is 14.2. The summed E-state index contributed by atoms with van der Waals surface area (Å²) >= 11 is 0. The van der Waals surface area contributed by atoms with Gasteiger partial charge >= 0.3 is 5.97 Å². The van der Waals surface area contributed by atoms with Gasteiger partial charge in [0.05, 0.1) is 32.2 Å². The van der Waals surface area contributed by atoms with Crippen LogP contribution in [0.4, 0.5) is 5.82 Å². The molecular formula is C14H21N3O3. The molecular weight excluding hydrogens is 258 g/mol. The van der Waals surface area contributed by atoms with Crippen molar-refractivity contribution in [1.29, 1.82) is 0 Å². The van der Waals surface area contributed by atoms with Gasteiger partial charge in [-0.05, 0) is 12.8 Å². The molecule has 0 bridgehead atoms. The average molecular weight is 279 g/mol. The summed E-state index contributed by atoms with van der Waals surface area (Å²) in [6.07, 6.45) is 9.57. The van der Waals surface area contributed by atoms with Crippen LogP contribution < -0.4 is 5.32 Å². The van der Waals surface area contributed by atoms with Gasteiger partial charge in [0, 0.05) is 6.54 Å². The fourth-order valence-electron chi connectivity index (χ4n) is 2.27. The van der Waals surface area contributed by atoms with Crippen molar-refractivity contribution < 1.29 is 14.3 Å². The van der Waals surface area contributed by atoms with Gasteiger partial charge in [0.15, 0.2) is 5.69 Å².